The van der Waals surface area contributed by atoms with Crippen molar-refractivity contribution in [3.8, 4) is 0 Å². The van der Waals surface area contributed by atoms with Gasteiger partial charge >= 0.3 is 0 Å². The summed E-state index contributed by atoms with van der Waals surface area (Å²) in [6.45, 7) is 10.8. The van der Waals surface area contributed by atoms with Crippen LogP contribution in [-0.4, -0.2) is 48.1 Å². The van der Waals surface area contributed by atoms with Crippen LogP contribution in [0, 0.1) is 10.1 Å². The van der Waals surface area contributed by atoms with Crippen LogP contribution in [0.1, 0.15) is 53.9 Å². The number of hydrogen-bond donors (Lipinski definition) is 0. The van der Waals surface area contributed by atoms with Crippen LogP contribution in [0.4, 0.5) is 0 Å². The van der Waals surface area contributed by atoms with Crippen LogP contribution in [0.5, 0.6) is 0 Å². The molecule has 0 saturated carbocycles. The molecule has 0 aromatic carbocycles. The Morgan fingerprint density at radius 1 is 1.40 bits per heavy atom. The number of carbonyl (C=O) groups is 1. The third-order valence-corrected chi connectivity index (χ3v) is 2.82. The van der Waals surface area contributed by atoms with E-state index in [1.807, 2.05) is 34.6 Å². The molecule has 1 aliphatic heterocycles. The highest BCUT2D eigenvalue weighted by Gasteiger charge is 2.23. The molecular weight excluding hydrogens is 260 g/mol. The maximum atomic E-state index is 10.4. The number of hydrogen-bond acceptors (Lipinski definition) is 4. The monoisotopic (exact) mass is 290 g/mol. The Balaban J connectivity index is 0. The zero-order chi connectivity index (χ0) is 16.2. The predicted octanol–water partition coefficient (Wildman–Crippen LogP) is 2.73. The lowest BCUT2D eigenvalue weighted by Crippen LogP contribution is -2.29. The first-order valence-corrected chi connectivity index (χ1v) is 7.18. The summed E-state index contributed by atoms with van der Waals surface area (Å²) in [7, 11) is 1.71. The Hall–Kier alpha value is -1.17. The van der Waals surface area contributed by atoms with Crippen LogP contribution in [0.25, 0.3) is 0 Å². The summed E-state index contributed by atoms with van der Waals surface area (Å²) in [4.78, 5) is 21.8. The molecule has 1 amide bonds. The van der Waals surface area contributed by atoms with Crippen molar-refractivity contribution in [3.05, 3.63) is 10.1 Å². The van der Waals surface area contributed by atoms with Crippen molar-refractivity contribution in [2.24, 2.45) is 0 Å². The van der Waals surface area contributed by atoms with Crippen molar-refractivity contribution in [3.63, 3.8) is 0 Å². The average Bonchev–Trinajstić information content (AvgIpc) is 2.86. The third-order valence-electron chi connectivity index (χ3n) is 2.82. The third kappa shape index (κ3) is 11.9. The first-order valence-electron chi connectivity index (χ1n) is 7.18. The van der Waals surface area contributed by atoms with Crippen molar-refractivity contribution in [1.29, 1.82) is 0 Å². The molecule has 1 fully saturated rings. The summed E-state index contributed by atoms with van der Waals surface area (Å²) >= 11 is 0. The van der Waals surface area contributed by atoms with Gasteiger partial charge in [-0.3, -0.25) is 14.9 Å². The van der Waals surface area contributed by atoms with Crippen molar-refractivity contribution in [2.75, 3.05) is 20.2 Å². The second kappa shape index (κ2) is 11.6. The van der Waals surface area contributed by atoms with Gasteiger partial charge in [0.15, 0.2) is 0 Å². The van der Waals surface area contributed by atoms with E-state index < -0.39 is 0 Å². The van der Waals surface area contributed by atoms with Gasteiger partial charge < -0.3 is 9.64 Å². The Morgan fingerprint density at radius 2 is 1.90 bits per heavy atom. The van der Waals surface area contributed by atoms with Gasteiger partial charge in [0.05, 0.1) is 5.60 Å². The smallest absolute Gasteiger partial charge is 0.209 e. The van der Waals surface area contributed by atoms with Crippen molar-refractivity contribution < 1.29 is 14.5 Å². The van der Waals surface area contributed by atoms with E-state index >= 15 is 0 Å². The zero-order valence-electron chi connectivity index (χ0n) is 13.7. The maximum absolute atomic E-state index is 10.4. The second-order valence-corrected chi connectivity index (χ2v) is 5.30. The zero-order valence-corrected chi connectivity index (χ0v) is 13.7. The summed E-state index contributed by atoms with van der Waals surface area (Å²) in [6.07, 6.45) is 3.16. The number of nitrogens with zero attached hydrogens (tertiary/aromatic N) is 2. The second-order valence-electron chi connectivity index (χ2n) is 5.30. The molecule has 0 radical (unpaired) electrons. The average molecular weight is 290 g/mol. The van der Waals surface area contributed by atoms with E-state index in [1.165, 1.54) is 0 Å². The Kier molecular flexibility index (Phi) is 12.3. The number of carbonyl (C=O) groups excluding carboxylic acids is 1. The van der Waals surface area contributed by atoms with Gasteiger partial charge in [-0.05, 0) is 33.6 Å². The molecule has 1 heterocycles. The van der Waals surface area contributed by atoms with Gasteiger partial charge in [-0.25, -0.2) is 0 Å². The minimum absolute atomic E-state index is 0.0327. The molecule has 1 unspecified atom stereocenters. The molecule has 0 bridgehead atoms. The molecule has 20 heavy (non-hydrogen) atoms. The summed E-state index contributed by atoms with van der Waals surface area (Å²) < 4.78 is 4.94. The lowest BCUT2D eigenvalue weighted by molar-refractivity contribution is -0.481. The Morgan fingerprint density at radius 3 is 2.25 bits per heavy atom. The standard InChI is InChI=1S/C7H12N2O3.C5H12O.C2H6/c10-6-8-4-1-2-7(8)3-5-9(11)12;1-5(2,3)6-4;1-2/h6-7H,1-5H2;1-4H3;1-2H3. The fraction of sp³-hybridized carbons (Fsp3) is 0.929. The fourth-order valence-electron chi connectivity index (χ4n) is 1.56. The molecule has 0 aromatic rings. The first-order chi connectivity index (χ1) is 9.30. The molecule has 120 valence electrons. The van der Waals surface area contributed by atoms with Crippen molar-refractivity contribution in [1.82, 2.24) is 4.90 Å². The summed E-state index contributed by atoms with van der Waals surface area (Å²) in [6, 6.07) is 0.105. The molecule has 0 aliphatic carbocycles. The number of ether oxygens (including phenoxy) is 1. The molecule has 1 rings (SSSR count). The van der Waals surface area contributed by atoms with Crippen LogP contribution < -0.4 is 0 Å². The summed E-state index contributed by atoms with van der Waals surface area (Å²) in [5, 5.41) is 10.0. The summed E-state index contributed by atoms with van der Waals surface area (Å²) in [5.41, 5.74) is 0.0417. The van der Waals surface area contributed by atoms with Crippen LogP contribution >= 0.6 is 0 Å². The van der Waals surface area contributed by atoms with E-state index in [2.05, 4.69) is 0 Å². The van der Waals surface area contributed by atoms with Crippen LogP contribution in [0.3, 0.4) is 0 Å². The number of amides is 1. The molecular formula is C14H30N2O4. The number of methoxy groups -OCH3 is 1. The van der Waals surface area contributed by atoms with Gasteiger partial charge in [-0.2, -0.15) is 0 Å². The van der Waals surface area contributed by atoms with Crippen LogP contribution in [0.15, 0.2) is 0 Å². The Bertz CT molecular complexity index is 264. The summed E-state index contributed by atoms with van der Waals surface area (Å²) in [5.74, 6) is 0. The van der Waals surface area contributed by atoms with Gasteiger partial charge in [-0.15, -0.1) is 0 Å². The fourth-order valence-corrected chi connectivity index (χ4v) is 1.56. The van der Waals surface area contributed by atoms with Crippen molar-refractivity contribution in [2.45, 2.75) is 65.5 Å². The number of likely N-dealkylation sites (tertiary alicyclic amines) is 1. The molecule has 1 atom stereocenters. The molecule has 6 heteroatoms. The highest BCUT2D eigenvalue weighted by molar-refractivity contribution is 5.48. The molecule has 1 aliphatic rings. The van der Waals surface area contributed by atoms with E-state index in [0.29, 0.717) is 6.42 Å². The lowest BCUT2D eigenvalue weighted by Gasteiger charge is -2.17. The Labute approximate surface area is 122 Å². The number of nitro groups is 1. The van der Waals surface area contributed by atoms with E-state index in [9.17, 15) is 14.9 Å². The first kappa shape index (κ1) is 21.1. The lowest BCUT2D eigenvalue weighted by atomic mass is 10.1. The predicted molar refractivity (Wildman–Crippen MR) is 80.4 cm³/mol. The number of rotatable bonds is 4. The largest absolute Gasteiger partial charge is 0.379 e. The molecule has 1 saturated heterocycles. The van der Waals surface area contributed by atoms with E-state index in [1.54, 1.807) is 12.0 Å². The van der Waals surface area contributed by atoms with Crippen molar-refractivity contribution >= 4 is 6.41 Å². The van der Waals surface area contributed by atoms with Gasteiger partial charge in [0.1, 0.15) is 0 Å². The van der Waals surface area contributed by atoms with E-state index in [0.717, 1.165) is 25.8 Å². The minimum Gasteiger partial charge on any atom is -0.379 e. The van der Waals surface area contributed by atoms with E-state index in [4.69, 9.17) is 4.74 Å². The molecule has 0 N–H and O–H groups in total. The highest BCUT2D eigenvalue weighted by Crippen LogP contribution is 2.17. The van der Waals surface area contributed by atoms with E-state index in [-0.39, 0.29) is 23.1 Å². The maximum Gasteiger partial charge on any atom is 0.209 e. The van der Waals surface area contributed by atoms with Gasteiger partial charge in [0.2, 0.25) is 13.0 Å². The van der Waals surface area contributed by atoms with Crippen LogP contribution in [0.2, 0.25) is 0 Å². The highest BCUT2D eigenvalue weighted by atomic mass is 16.6. The minimum atomic E-state index is -0.332. The topological polar surface area (TPSA) is 72.7 Å². The quantitative estimate of drug-likeness (QED) is 0.453. The van der Waals surface area contributed by atoms with Gasteiger partial charge in [-0.1, -0.05) is 13.8 Å². The molecule has 0 aromatic heterocycles. The van der Waals surface area contributed by atoms with Gasteiger partial charge in [0.25, 0.3) is 0 Å². The molecule has 6 nitrogen and oxygen atoms in total. The molecule has 0 spiro atoms. The van der Waals surface area contributed by atoms with Gasteiger partial charge in [0, 0.05) is 31.0 Å². The normalized spacial score (nSPS) is 17.5. The van der Waals surface area contributed by atoms with Crippen LogP contribution in [-0.2, 0) is 9.53 Å². The SMILES string of the molecule is CC.COC(C)(C)C.O=CN1CCCC1CC[N+](=O)[O-].